The first kappa shape index (κ1) is 19.1. The Morgan fingerprint density at radius 3 is 2.31 bits per heavy atom. The molecule has 0 unspecified atom stereocenters. The van der Waals surface area contributed by atoms with E-state index in [9.17, 15) is 17.8 Å². The Balaban J connectivity index is 0. The van der Waals surface area contributed by atoms with Crippen LogP contribution >= 0.6 is 0 Å². The fraction of sp³-hybridized carbons (Fsp3) is 0.667. The standard InChI is InChI=1S/C9H16O5S.K/c1-8(2)9(10)14-6-4-3-5-7-15(11,12)13;/h1,3-7H2,2H3,(H,11,12,13);/q;+1/p-1. The van der Waals surface area contributed by atoms with E-state index in [0.29, 0.717) is 24.8 Å². The molecule has 0 aromatic carbocycles. The molecule has 7 heteroatoms. The summed E-state index contributed by atoms with van der Waals surface area (Å²) in [5.74, 6) is -0.812. The van der Waals surface area contributed by atoms with Gasteiger partial charge in [0, 0.05) is 11.3 Å². The molecule has 0 atom stereocenters. The number of esters is 1. The Kier molecular flexibility index (Phi) is 11.6. The molecule has 88 valence electrons. The molecule has 0 heterocycles. The van der Waals surface area contributed by atoms with Gasteiger partial charge in [-0.3, -0.25) is 0 Å². The van der Waals surface area contributed by atoms with Gasteiger partial charge in [0.05, 0.1) is 16.7 Å². The van der Waals surface area contributed by atoms with Crippen LogP contribution in [0.15, 0.2) is 12.2 Å². The van der Waals surface area contributed by atoms with E-state index >= 15 is 0 Å². The number of carbonyl (C=O) groups excluding carboxylic acids is 1. The summed E-state index contributed by atoms with van der Waals surface area (Å²) in [6.07, 6.45) is 1.40. The molecule has 0 rings (SSSR count). The Hall–Kier alpha value is 0.756. The van der Waals surface area contributed by atoms with Crippen molar-refractivity contribution in [1.82, 2.24) is 0 Å². The maximum Gasteiger partial charge on any atom is 1.00 e. The second-order valence-corrected chi connectivity index (χ2v) is 4.76. The van der Waals surface area contributed by atoms with E-state index in [0.717, 1.165) is 0 Å². The number of unbranched alkanes of at least 4 members (excludes halogenated alkanes) is 2. The molecule has 5 nitrogen and oxygen atoms in total. The Bertz CT molecular complexity index is 323. The summed E-state index contributed by atoms with van der Waals surface area (Å²) in [7, 11) is -4.11. The maximum absolute atomic E-state index is 10.9. The predicted octanol–water partition coefficient (Wildman–Crippen LogP) is -2.17. The van der Waals surface area contributed by atoms with Crippen LogP contribution in [0, 0.1) is 0 Å². The van der Waals surface area contributed by atoms with E-state index in [1.54, 1.807) is 6.92 Å². The molecule has 0 fully saturated rings. The first-order valence-corrected chi connectivity index (χ1v) is 6.17. The third-order valence-corrected chi connectivity index (χ3v) is 2.41. The molecule has 0 N–H and O–H groups in total. The van der Waals surface area contributed by atoms with E-state index in [1.807, 2.05) is 0 Å². The second-order valence-electron chi connectivity index (χ2n) is 3.24. The van der Waals surface area contributed by atoms with Crippen molar-refractivity contribution in [2.24, 2.45) is 0 Å². The zero-order valence-electron chi connectivity index (χ0n) is 9.69. The molecule has 0 aliphatic heterocycles. The van der Waals surface area contributed by atoms with Gasteiger partial charge in [-0.15, -0.1) is 0 Å². The molecular weight excluding hydrogens is 259 g/mol. The van der Waals surface area contributed by atoms with Crippen LogP contribution in [0.1, 0.15) is 26.2 Å². The summed E-state index contributed by atoms with van der Waals surface area (Å²) in [6.45, 7) is 5.18. The molecule has 0 aliphatic rings. The molecule has 0 radical (unpaired) electrons. The van der Waals surface area contributed by atoms with Gasteiger partial charge >= 0.3 is 57.4 Å². The molecule has 0 amide bonds. The number of hydrogen-bond acceptors (Lipinski definition) is 5. The average molecular weight is 274 g/mol. The topological polar surface area (TPSA) is 83.5 Å². The molecule has 0 saturated heterocycles. The van der Waals surface area contributed by atoms with Crippen molar-refractivity contribution in [2.45, 2.75) is 26.2 Å². The van der Waals surface area contributed by atoms with Crippen LogP contribution in [0.4, 0.5) is 0 Å². The summed E-state index contributed by atoms with van der Waals surface area (Å²) >= 11 is 0. The molecule has 0 aromatic rings. The number of ether oxygens (including phenoxy) is 1. The largest absolute Gasteiger partial charge is 1.00 e. The summed E-state index contributed by atoms with van der Waals surface area (Å²) in [5.41, 5.74) is 0.331. The van der Waals surface area contributed by atoms with Crippen molar-refractivity contribution in [2.75, 3.05) is 12.4 Å². The third-order valence-electron chi connectivity index (χ3n) is 1.62. The minimum Gasteiger partial charge on any atom is -0.748 e. The predicted molar refractivity (Wildman–Crippen MR) is 54.2 cm³/mol. The fourth-order valence-corrected chi connectivity index (χ4v) is 1.40. The van der Waals surface area contributed by atoms with E-state index in [4.69, 9.17) is 4.74 Å². The Labute approximate surface area is 139 Å². The van der Waals surface area contributed by atoms with Gasteiger partial charge in [0.25, 0.3) is 0 Å². The van der Waals surface area contributed by atoms with Crippen molar-refractivity contribution in [3.05, 3.63) is 12.2 Å². The Morgan fingerprint density at radius 1 is 1.31 bits per heavy atom. The van der Waals surface area contributed by atoms with Crippen molar-refractivity contribution < 1.29 is 73.9 Å². The van der Waals surface area contributed by atoms with Crippen molar-refractivity contribution in [3.8, 4) is 0 Å². The summed E-state index contributed by atoms with van der Waals surface area (Å²) in [4.78, 5) is 10.9. The molecular formula is C9H15KO5S. The van der Waals surface area contributed by atoms with Crippen LogP contribution < -0.4 is 51.4 Å². The molecule has 0 saturated carbocycles. The van der Waals surface area contributed by atoms with Crippen LogP contribution in [0.5, 0.6) is 0 Å². The van der Waals surface area contributed by atoms with Crippen LogP contribution in [-0.4, -0.2) is 31.3 Å². The summed E-state index contributed by atoms with van der Waals surface area (Å²) in [6, 6.07) is 0. The van der Waals surface area contributed by atoms with Crippen LogP contribution in [-0.2, 0) is 19.6 Å². The minimum absolute atomic E-state index is 0. The molecule has 16 heavy (non-hydrogen) atoms. The van der Waals surface area contributed by atoms with Gasteiger partial charge in [-0.2, -0.15) is 0 Å². The first-order chi connectivity index (χ1) is 6.83. The second kappa shape index (κ2) is 9.75. The molecule has 0 aliphatic carbocycles. The van der Waals surface area contributed by atoms with Crippen LogP contribution in [0.2, 0.25) is 0 Å². The molecule has 0 aromatic heterocycles. The maximum atomic E-state index is 10.9. The quantitative estimate of drug-likeness (QED) is 0.173. The van der Waals surface area contributed by atoms with E-state index in [2.05, 4.69) is 6.58 Å². The Morgan fingerprint density at radius 2 is 1.88 bits per heavy atom. The zero-order valence-corrected chi connectivity index (χ0v) is 13.6. The van der Waals surface area contributed by atoms with Gasteiger partial charge in [0.2, 0.25) is 0 Å². The summed E-state index contributed by atoms with van der Waals surface area (Å²) in [5, 5.41) is 0. The van der Waals surface area contributed by atoms with Crippen LogP contribution in [0.3, 0.4) is 0 Å². The van der Waals surface area contributed by atoms with Crippen LogP contribution in [0.25, 0.3) is 0 Å². The zero-order chi connectivity index (χ0) is 11.9. The van der Waals surface area contributed by atoms with Gasteiger partial charge < -0.3 is 9.29 Å². The van der Waals surface area contributed by atoms with Gasteiger partial charge in [0.15, 0.2) is 0 Å². The van der Waals surface area contributed by atoms with Gasteiger partial charge in [-0.05, 0) is 26.2 Å². The van der Waals surface area contributed by atoms with Crippen molar-refractivity contribution in [1.29, 1.82) is 0 Å². The monoisotopic (exact) mass is 274 g/mol. The molecule has 0 spiro atoms. The average Bonchev–Trinajstić information content (AvgIpc) is 2.08. The van der Waals surface area contributed by atoms with Crippen molar-refractivity contribution >= 4 is 16.1 Å². The van der Waals surface area contributed by atoms with Crippen molar-refractivity contribution in [3.63, 3.8) is 0 Å². The smallest absolute Gasteiger partial charge is 0.748 e. The van der Waals surface area contributed by atoms with Gasteiger partial charge in [-0.25, -0.2) is 13.2 Å². The van der Waals surface area contributed by atoms with E-state index < -0.39 is 16.1 Å². The number of hydrogen-bond donors (Lipinski definition) is 0. The first-order valence-electron chi connectivity index (χ1n) is 4.59. The SMILES string of the molecule is C=C(C)C(=O)OCCCCCS(=O)(=O)[O-].[K+]. The van der Waals surface area contributed by atoms with E-state index in [-0.39, 0.29) is 63.7 Å². The minimum atomic E-state index is -4.11. The normalized spacial score (nSPS) is 10.4. The van der Waals surface area contributed by atoms with Gasteiger partial charge in [0.1, 0.15) is 0 Å². The molecule has 0 bridgehead atoms. The third kappa shape index (κ3) is 12.8. The van der Waals surface area contributed by atoms with Gasteiger partial charge in [-0.1, -0.05) is 6.58 Å². The fourth-order valence-electron chi connectivity index (χ4n) is 0.846. The summed E-state index contributed by atoms with van der Waals surface area (Å²) < 4.78 is 35.4. The number of carbonyl (C=O) groups is 1. The van der Waals surface area contributed by atoms with E-state index in [1.165, 1.54) is 0 Å². The number of rotatable bonds is 7.